The number of hydrogen-bond acceptors (Lipinski definition) is 3. The highest BCUT2D eigenvalue weighted by atomic mass is 19.3. The maximum atomic E-state index is 12.8. The first-order chi connectivity index (χ1) is 10.6. The van der Waals surface area contributed by atoms with Crippen LogP contribution in [0.15, 0.2) is 47.1 Å². The molecule has 2 aromatic heterocycles. The maximum Gasteiger partial charge on any atom is 0.319 e. The molecule has 2 heterocycles. The lowest BCUT2D eigenvalue weighted by molar-refractivity contribution is 0.0605. The smallest absolute Gasteiger partial charge is 0.319 e. The second-order valence-electron chi connectivity index (χ2n) is 4.84. The number of aromatic nitrogens is 2. The number of rotatable bonds is 4. The van der Waals surface area contributed by atoms with Gasteiger partial charge in [0, 0.05) is 24.8 Å². The Hall–Kier alpha value is -2.70. The van der Waals surface area contributed by atoms with Gasteiger partial charge in [-0.3, -0.25) is 9.36 Å². The summed E-state index contributed by atoms with van der Waals surface area (Å²) in [6.45, 7) is -2.72. The highest BCUT2D eigenvalue weighted by molar-refractivity contribution is 5.95. The van der Waals surface area contributed by atoms with Crippen LogP contribution in [-0.2, 0) is 6.54 Å². The van der Waals surface area contributed by atoms with Gasteiger partial charge in [-0.05, 0) is 12.1 Å². The number of fused-ring (bicyclic) bond motifs is 1. The van der Waals surface area contributed by atoms with Crippen molar-refractivity contribution < 1.29 is 18.0 Å². The molecule has 0 radical (unpaired) electrons. The van der Waals surface area contributed by atoms with Crippen molar-refractivity contribution in [2.24, 2.45) is 0 Å². The van der Waals surface area contributed by atoms with Crippen molar-refractivity contribution in [3.63, 3.8) is 0 Å². The van der Waals surface area contributed by atoms with E-state index in [0.717, 1.165) is 9.95 Å². The van der Waals surface area contributed by atoms with Gasteiger partial charge >= 0.3 is 6.55 Å². The second-order valence-corrected chi connectivity index (χ2v) is 4.84. The Bertz CT molecular complexity index is 777. The van der Waals surface area contributed by atoms with Crippen LogP contribution in [0.25, 0.3) is 11.0 Å². The monoisotopic (exact) mass is 305 g/mol. The van der Waals surface area contributed by atoms with Gasteiger partial charge in [-0.15, -0.1) is 0 Å². The molecule has 3 rings (SSSR count). The molecule has 0 aliphatic carbocycles. The number of amides is 1. The summed E-state index contributed by atoms with van der Waals surface area (Å²) in [7, 11) is 1.51. The van der Waals surface area contributed by atoms with E-state index < -0.39 is 6.55 Å². The normalized spacial score (nSPS) is 11.3. The molecule has 1 amide bonds. The van der Waals surface area contributed by atoms with Crippen LogP contribution in [0.5, 0.6) is 0 Å². The summed E-state index contributed by atoms with van der Waals surface area (Å²) in [6, 6.07) is 8.88. The lowest BCUT2D eigenvalue weighted by Crippen LogP contribution is -2.27. The summed E-state index contributed by atoms with van der Waals surface area (Å²) >= 11 is 0. The van der Waals surface area contributed by atoms with Crippen molar-refractivity contribution in [1.29, 1.82) is 0 Å². The molecule has 0 saturated carbocycles. The first-order valence-corrected chi connectivity index (χ1v) is 6.60. The quantitative estimate of drug-likeness (QED) is 0.743. The summed E-state index contributed by atoms with van der Waals surface area (Å²) in [5, 5.41) is 0.813. The molecule has 0 atom stereocenters. The van der Waals surface area contributed by atoms with Crippen molar-refractivity contribution in [3.8, 4) is 0 Å². The number of nitrogens with zero attached hydrogens (tertiary/aromatic N) is 3. The van der Waals surface area contributed by atoms with E-state index in [1.165, 1.54) is 24.3 Å². The lowest BCUT2D eigenvalue weighted by atomic mass is 10.2. The van der Waals surface area contributed by atoms with Crippen LogP contribution < -0.4 is 0 Å². The van der Waals surface area contributed by atoms with E-state index in [1.54, 1.807) is 12.1 Å². The molecule has 3 aromatic rings. The van der Waals surface area contributed by atoms with Gasteiger partial charge in [0.15, 0.2) is 5.76 Å². The number of carbonyl (C=O) groups excluding carboxylic acids is 1. The predicted molar refractivity (Wildman–Crippen MR) is 75.5 cm³/mol. The van der Waals surface area contributed by atoms with Crippen LogP contribution in [0.1, 0.15) is 22.9 Å². The topological polar surface area (TPSA) is 51.3 Å². The van der Waals surface area contributed by atoms with Crippen molar-refractivity contribution in [3.05, 3.63) is 54.3 Å². The van der Waals surface area contributed by atoms with E-state index in [1.807, 2.05) is 18.2 Å². The number of benzene rings is 1. The van der Waals surface area contributed by atoms with E-state index in [0.29, 0.717) is 5.58 Å². The fourth-order valence-corrected chi connectivity index (χ4v) is 2.20. The van der Waals surface area contributed by atoms with Crippen LogP contribution in [0.2, 0.25) is 0 Å². The molecule has 114 valence electrons. The third-order valence-electron chi connectivity index (χ3n) is 3.32. The Balaban J connectivity index is 1.80. The minimum atomic E-state index is -2.69. The van der Waals surface area contributed by atoms with Gasteiger partial charge in [0.1, 0.15) is 11.4 Å². The summed E-state index contributed by atoms with van der Waals surface area (Å²) in [4.78, 5) is 17.5. The summed E-state index contributed by atoms with van der Waals surface area (Å²) in [6.07, 6.45) is 2.46. The van der Waals surface area contributed by atoms with E-state index in [2.05, 4.69) is 4.98 Å². The van der Waals surface area contributed by atoms with Crippen molar-refractivity contribution >= 4 is 16.9 Å². The largest absolute Gasteiger partial charge is 0.451 e. The Labute approximate surface area is 124 Å². The van der Waals surface area contributed by atoms with Crippen LogP contribution >= 0.6 is 0 Å². The molecule has 1 aromatic carbocycles. The Kier molecular flexibility index (Phi) is 3.62. The predicted octanol–water partition coefficient (Wildman–Crippen LogP) is 3.30. The van der Waals surface area contributed by atoms with Gasteiger partial charge in [0.05, 0.1) is 6.54 Å². The summed E-state index contributed by atoms with van der Waals surface area (Å²) in [5.74, 6) is -0.110. The molecule has 22 heavy (non-hydrogen) atoms. The third kappa shape index (κ3) is 2.57. The fraction of sp³-hybridized carbons (Fsp3) is 0.200. The SMILES string of the molecule is CN(Cc1nccn1C(F)F)C(=O)c1cc2ccccc2o1. The number of para-hydroxylation sites is 1. The highest BCUT2D eigenvalue weighted by Crippen LogP contribution is 2.20. The molecule has 0 aliphatic heterocycles. The molecule has 0 bridgehead atoms. The first kappa shape index (κ1) is 14.2. The zero-order chi connectivity index (χ0) is 15.7. The maximum absolute atomic E-state index is 12.8. The minimum Gasteiger partial charge on any atom is -0.451 e. The van der Waals surface area contributed by atoms with Crippen LogP contribution in [0.4, 0.5) is 8.78 Å². The van der Waals surface area contributed by atoms with E-state index >= 15 is 0 Å². The zero-order valence-electron chi connectivity index (χ0n) is 11.7. The molecule has 0 unspecified atom stereocenters. The van der Waals surface area contributed by atoms with Crippen LogP contribution in [-0.4, -0.2) is 27.4 Å². The number of imidazole rings is 1. The molecule has 0 saturated heterocycles. The van der Waals surface area contributed by atoms with E-state index in [4.69, 9.17) is 4.42 Å². The number of carbonyl (C=O) groups is 1. The van der Waals surface area contributed by atoms with Crippen LogP contribution in [0, 0.1) is 0 Å². The molecular weight excluding hydrogens is 292 g/mol. The van der Waals surface area contributed by atoms with Crippen molar-refractivity contribution in [1.82, 2.24) is 14.5 Å². The third-order valence-corrected chi connectivity index (χ3v) is 3.32. The van der Waals surface area contributed by atoms with Gasteiger partial charge in [-0.1, -0.05) is 18.2 Å². The Morgan fingerprint density at radius 3 is 2.91 bits per heavy atom. The average Bonchev–Trinajstić information content (AvgIpc) is 3.12. The number of furan rings is 1. The standard InChI is InChI=1S/C15H13F2N3O2/c1-19(9-13-18-6-7-20(13)15(16)17)14(21)12-8-10-4-2-3-5-11(10)22-12/h2-8,15H,9H2,1H3. The molecule has 0 fully saturated rings. The zero-order valence-corrected chi connectivity index (χ0v) is 11.7. The average molecular weight is 305 g/mol. The van der Waals surface area contributed by atoms with Gasteiger partial charge in [0.25, 0.3) is 5.91 Å². The molecule has 0 spiro atoms. The molecule has 0 N–H and O–H groups in total. The van der Waals surface area contributed by atoms with E-state index in [9.17, 15) is 13.6 Å². The van der Waals surface area contributed by atoms with Crippen molar-refractivity contribution in [2.45, 2.75) is 13.1 Å². The molecule has 0 aliphatic rings. The minimum absolute atomic E-state index is 0.0345. The molecule has 7 heteroatoms. The summed E-state index contributed by atoms with van der Waals surface area (Å²) < 4.78 is 31.8. The fourth-order valence-electron chi connectivity index (χ4n) is 2.20. The summed E-state index contributed by atoms with van der Waals surface area (Å²) in [5.41, 5.74) is 0.605. The van der Waals surface area contributed by atoms with Crippen molar-refractivity contribution in [2.75, 3.05) is 7.05 Å². The van der Waals surface area contributed by atoms with E-state index in [-0.39, 0.29) is 24.0 Å². The Morgan fingerprint density at radius 2 is 2.18 bits per heavy atom. The number of halogens is 2. The highest BCUT2D eigenvalue weighted by Gasteiger charge is 2.20. The second kappa shape index (κ2) is 5.59. The van der Waals surface area contributed by atoms with Gasteiger partial charge < -0.3 is 9.32 Å². The molecule has 5 nitrogen and oxygen atoms in total. The Morgan fingerprint density at radius 1 is 1.41 bits per heavy atom. The number of hydrogen-bond donors (Lipinski definition) is 0. The number of alkyl halides is 2. The molecular formula is C15H13F2N3O2. The lowest BCUT2D eigenvalue weighted by Gasteiger charge is -2.16. The van der Waals surface area contributed by atoms with Gasteiger partial charge in [0.2, 0.25) is 0 Å². The van der Waals surface area contributed by atoms with Gasteiger partial charge in [-0.25, -0.2) is 4.98 Å². The van der Waals surface area contributed by atoms with Crippen LogP contribution in [0.3, 0.4) is 0 Å². The van der Waals surface area contributed by atoms with Gasteiger partial charge in [-0.2, -0.15) is 8.78 Å². The first-order valence-electron chi connectivity index (χ1n) is 6.60.